The standard InChI is InChI=1S/C17H26N2O2/c1-4-5-8-11-18-16(20)12-17(21)19-15-10-7-6-9-14(15)13(2)3/h6-7,9-10,13H,4-5,8,11-12H2,1-3H3,(H,18,20)(H,19,21). The zero-order chi connectivity index (χ0) is 15.7. The van der Waals surface area contributed by atoms with Crippen LogP contribution in [0.1, 0.15) is 57.9 Å². The van der Waals surface area contributed by atoms with E-state index >= 15 is 0 Å². The average Bonchev–Trinajstić information content (AvgIpc) is 2.43. The third-order valence-corrected chi connectivity index (χ3v) is 3.28. The molecule has 116 valence electrons. The largest absolute Gasteiger partial charge is 0.356 e. The Bertz CT molecular complexity index is 470. The minimum absolute atomic E-state index is 0.126. The van der Waals surface area contributed by atoms with Crippen molar-refractivity contribution < 1.29 is 9.59 Å². The van der Waals surface area contributed by atoms with E-state index in [1.807, 2.05) is 24.3 Å². The van der Waals surface area contributed by atoms with Gasteiger partial charge in [0, 0.05) is 12.2 Å². The second-order valence-electron chi connectivity index (χ2n) is 5.52. The van der Waals surface area contributed by atoms with E-state index in [1.165, 1.54) is 0 Å². The number of anilines is 1. The lowest BCUT2D eigenvalue weighted by Crippen LogP contribution is -2.29. The molecule has 0 unspecified atom stereocenters. The first kappa shape index (κ1) is 17.2. The Hall–Kier alpha value is -1.84. The molecule has 0 fully saturated rings. The Morgan fingerprint density at radius 1 is 1.10 bits per heavy atom. The van der Waals surface area contributed by atoms with E-state index in [1.54, 1.807) is 0 Å². The summed E-state index contributed by atoms with van der Waals surface area (Å²) in [7, 11) is 0. The van der Waals surface area contributed by atoms with Crippen molar-refractivity contribution in [2.24, 2.45) is 0 Å². The number of hydrogen-bond donors (Lipinski definition) is 2. The molecule has 0 spiro atoms. The maximum atomic E-state index is 11.9. The number of rotatable bonds is 8. The van der Waals surface area contributed by atoms with Gasteiger partial charge in [-0.05, 0) is 24.0 Å². The highest BCUT2D eigenvalue weighted by molar-refractivity contribution is 6.03. The average molecular weight is 290 g/mol. The van der Waals surface area contributed by atoms with Gasteiger partial charge in [0.1, 0.15) is 6.42 Å². The number of carbonyl (C=O) groups excluding carboxylic acids is 2. The van der Waals surface area contributed by atoms with Crippen molar-refractivity contribution in [3.05, 3.63) is 29.8 Å². The van der Waals surface area contributed by atoms with Gasteiger partial charge in [0.25, 0.3) is 0 Å². The number of nitrogens with one attached hydrogen (secondary N) is 2. The molecule has 0 aliphatic rings. The Morgan fingerprint density at radius 2 is 1.81 bits per heavy atom. The maximum absolute atomic E-state index is 11.9. The van der Waals surface area contributed by atoms with Crippen LogP contribution >= 0.6 is 0 Å². The Balaban J connectivity index is 2.45. The molecule has 4 nitrogen and oxygen atoms in total. The van der Waals surface area contributed by atoms with Gasteiger partial charge < -0.3 is 10.6 Å². The van der Waals surface area contributed by atoms with Gasteiger partial charge in [-0.1, -0.05) is 51.8 Å². The summed E-state index contributed by atoms with van der Waals surface area (Å²) in [4.78, 5) is 23.6. The molecule has 2 N–H and O–H groups in total. The molecule has 0 saturated heterocycles. The van der Waals surface area contributed by atoms with Crippen LogP contribution in [0.2, 0.25) is 0 Å². The molecule has 1 aromatic carbocycles. The molecular formula is C17H26N2O2. The van der Waals surface area contributed by atoms with Gasteiger partial charge in [-0.15, -0.1) is 0 Å². The molecule has 0 bridgehead atoms. The SMILES string of the molecule is CCCCCNC(=O)CC(=O)Nc1ccccc1C(C)C. The first-order valence-electron chi connectivity index (χ1n) is 7.70. The molecule has 0 saturated carbocycles. The Kier molecular flexibility index (Phi) is 7.51. The maximum Gasteiger partial charge on any atom is 0.233 e. The summed E-state index contributed by atoms with van der Waals surface area (Å²) in [5.41, 5.74) is 1.87. The number of para-hydroxylation sites is 1. The molecule has 0 aliphatic heterocycles. The quantitative estimate of drug-likeness (QED) is 0.569. The molecule has 0 atom stereocenters. The molecule has 1 aromatic rings. The summed E-state index contributed by atoms with van der Waals surface area (Å²) < 4.78 is 0. The number of carbonyl (C=O) groups is 2. The van der Waals surface area contributed by atoms with Crippen LogP contribution in [-0.4, -0.2) is 18.4 Å². The highest BCUT2D eigenvalue weighted by Crippen LogP contribution is 2.23. The van der Waals surface area contributed by atoms with Crippen LogP contribution in [0.25, 0.3) is 0 Å². The highest BCUT2D eigenvalue weighted by Gasteiger charge is 2.12. The van der Waals surface area contributed by atoms with Gasteiger partial charge in [-0.3, -0.25) is 9.59 Å². The van der Waals surface area contributed by atoms with Crippen molar-refractivity contribution in [2.75, 3.05) is 11.9 Å². The lowest BCUT2D eigenvalue weighted by molar-refractivity contribution is -0.126. The predicted molar refractivity (Wildman–Crippen MR) is 86.3 cm³/mol. The summed E-state index contributed by atoms with van der Waals surface area (Å²) in [6.45, 7) is 6.90. The molecule has 1 rings (SSSR count). The Morgan fingerprint density at radius 3 is 2.48 bits per heavy atom. The summed E-state index contributed by atoms with van der Waals surface area (Å²) in [6, 6.07) is 7.69. The van der Waals surface area contributed by atoms with E-state index in [0.29, 0.717) is 12.5 Å². The second kappa shape index (κ2) is 9.16. The fourth-order valence-corrected chi connectivity index (χ4v) is 2.12. The molecule has 0 aromatic heterocycles. The normalized spacial score (nSPS) is 10.5. The fourth-order valence-electron chi connectivity index (χ4n) is 2.12. The highest BCUT2D eigenvalue weighted by atomic mass is 16.2. The van der Waals surface area contributed by atoms with Gasteiger partial charge in [-0.25, -0.2) is 0 Å². The van der Waals surface area contributed by atoms with Crippen LogP contribution in [0.3, 0.4) is 0 Å². The molecule has 0 radical (unpaired) electrons. The smallest absolute Gasteiger partial charge is 0.233 e. The fraction of sp³-hybridized carbons (Fsp3) is 0.529. The molecule has 4 heteroatoms. The molecule has 0 heterocycles. The zero-order valence-corrected chi connectivity index (χ0v) is 13.2. The van der Waals surface area contributed by atoms with Gasteiger partial charge in [0.05, 0.1) is 0 Å². The van der Waals surface area contributed by atoms with Crippen molar-refractivity contribution in [1.29, 1.82) is 0 Å². The van der Waals surface area contributed by atoms with E-state index in [-0.39, 0.29) is 18.2 Å². The van der Waals surface area contributed by atoms with Crippen LogP contribution in [0, 0.1) is 0 Å². The van der Waals surface area contributed by atoms with Crippen molar-refractivity contribution in [3.63, 3.8) is 0 Å². The van der Waals surface area contributed by atoms with Crippen LogP contribution in [0.5, 0.6) is 0 Å². The van der Waals surface area contributed by atoms with Gasteiger partial charge in [0.15, 0.2) is 0 Å². The Labute approximate surface area is 127 Å². The summed E-state index contributed by atoms with van der Waals surface area (Å²) in [5.74, 6) is -0.161. The third-order valence-electron chi connectivity index (χ3n) is 3.28. The number of amides is 2. The van der Waals surface area contributed by atoms with E-state index in [0.717, 1.165) is 30.5 Å². The number of benzene rings is 1. The van der Waals surface area contributed by atoms with Gasteiger partial charge in [-0.2, -0.15) is 0 Å². The monoisotopic (exact) mass is 290 g/mol. The minimum Gasteiger partial charge on any atom is -0.356 e. The van der Waals surface area contributed by atoms with Crippen LogP contribution in [-0.2, 0) is 9.59 Å². The van der Waals surface area contributed by atoms with E-state index in [4.69, 9.17) is 0 Å². The van der Waals surface area contributed by atoms with Crippen LogP contribution in [0.4, 0.5) is 5.69 Å². The molecular weight excluding hydrogens is 264 g/mol. The summed E-state index contributed by atoms with van der Waals surface area (Å²) >= 11 is 0. The summed E-state index contributed by atoms with van der Waals surface area (Å²) in [5, 5.41) is 5.60. The lowest BCUT2D eigenvalue weighted by Gasteiger charge is -2.13. The van der Waals surface area contributed by atoms with Gasteiger partial charge in [0.2, 0.25) is 11.8 Å². The van der Waals surface area contributed by atoms with Gasteiger partial charge >= 0.3 is 0 Å². The molecule has 21 heavy (non-hydrogen) atoms. The zero-order valence-electron chi connectivity index (χ0n) is 13.2. The van der Waals surface area contributed by atoms with Crippen molar-refractivity contribution in [3.8, 4) is 0 Å². The topological polar surface area (TPSA) is 58.2 Å². The first-order chi connectivity index (χ1) is 10.0. The molecule has 2 amide bonds. The van der Waals surface area contributed by atoms with E-state index in [9.17, 15) is 9.59 Å². The summed E-state index contributed by atoms with van der Waals surface area (Å²) in [6.07, 6.45) is 3.04. The third kappa shape index (κ3) is 6.43. The van der Waals surface area contributed by atoms with Crippen LogP contribution < -0.4 is 10.6 Å². The van der Waals surface area contributed by atoms with E-state index in [2.05, 4.69) is 31.4 Å². The minimum atomic E-state index is -0.268. The van der Waals surface area contributed by atoms with E-state index < -0.39 is 0 Å². The number of unbranched alkanes of at least 4 members (excludes halogenated alkanes) is 2. The van der Waals surface area contributed by atoms with Crippen molar-refractivity contribution >= 4 is 17.5 Å². The molecule has 0 aliphatic carbocycles. The number of hydrogen-bond acceptors (Lipinski definition) is 2. The lowest BCUT2D eigenvalue weighted by atomic mass is 10.0. The van der Waals surface area contributed by atoms with Crippen molar-refractivity contribution in [1.82, 2.24) is 5.32 Å². The van der Waals surface area contributed by atoms with Crippen molar-refractivity contribution in [2.45, 2.75) is 52.4 Å². The first-order valence-corrected chi connectivity index (χ1v) is 7.70. The van der Waals surface area contributed by atoms with Crippen LogP contribution in [0.15, 0.2) is 24.3 Å². The second-order valence-corrected chi connectivity index (χ2v) is 5.52. The predicted octanol–water partition coefficient (Wildman–Crippen LogP) is 3.45.